The Bertz CT molecular complexity index is 2120. The highest BCUT2D eigenvalue weighted by Gasteiger charge is 2.15. The van der Waals surface area contributed by atoms with E-state index >= 15 is 0 Å². The second-order valence-electron chi connectivity index (χ2n) is 11.1. The molecule has 0 radical (unpaired) electrons. The van der Waals surface area contributed by atoms with Gasteiger partial charge in [-0.1, -0.05) is 152 Å². The normalized spacial score (nSPS) is 10.6. The fourth-order valence-corrected chi connectivity index (χ4v) is 5.83. The van der Waals surface area contributed by atoms with Crippen molar-refractivity contribution in [3.8, 4) is 11.1 Å². The molecular weight excluding hydrogens is 556 g/mol. The Labute approximate surface area is 270 Å². The molecule has 0 saturated heterocycles. The summed E-state index contributed by atoms with van der Waals surface area (Å²) in [6.07, 6.45) is 0. The smallest absolute Gasteiger partial charge is 0.0540 e. The van der Waals surface area contributed by atoms with Crippen LogP contribution in [-0.4, -0.2) is 0 Å². The summed E-state index contributed by atoms with van der Waals surface area (Å²) in [5, 5.41) is 8.51. The summed E-state index contributed by atoms with van der Waals surface area (Å²) in [5.74, 6) is 0. The van der Waals surface area contributed by atoms with Gasteiger partial charge in [0.05, 0.1) is 5.69 Å². The molecule has 0 aliphatic rings. The van der Waals surface area contributed by atoms with Crippen molar-refractivity contribution in [3.05, 3.63) is 200 Å². The van der Waals surface area contributed by atoms with Gasteiger partial charge in [-0.15, -0.1) is 0 Å². The molecule has 0 saturated carbocycles. The van der Waals surface area contributed by atoms with Gasteiger partial charge in [-0.25, -0.2) is 0 Å². The summed E-state index contributed by atoms with van der Waals surface area (Å²) in [4.78, 5) is 2.34. The van der Waals surface area contributed by atoms with E-state index < -0.39 is 0 Å². The second-order valence-corrected chi connectivity index (χ2v) is 11.1. The third-order valence-electron chi connectivity index (χ3n) is 8.10. The average molecular weight is 591 g/mol. The number of fused-ring (bicyclic) bond motifs is 2. The van der Waals surface area contributed by atoms with E-state index in [1.54, 1.807) is 0 Å². The Balaban J connectivity index is 0.000000508. The van der Waals surface area contributed by atoms with Gasteiger partial charge < -0.3 is 10.2 Å². The Hall–Kier alpha value is -6.12. The first-order valence-electron chi connectivity index (χ1n) is 15.6. The lowest BCUT2D eigenvalue weighted by molar-refractivity contribution is 1.30. The first kappa shape index (κ1) is 28.6. The number of nitrogens with one attached hydrogen (secondary N) is 1. The zero-order valence-corrected chi connectivity index (χ0v) is 25.5. The van der Waals surface area contributed by atoms with Crippen molar-refractivity contribution in [3.63, 3.8) is 0 Å². The number of anilines is 5. The number of nitrogens with zero attached hydrogens (tertiary/aromatic N) is 1. The minimum Gasteiger partial charge on any atom is -0.355 e. The predicted octanol–water partition coefficient (Wildman–Crippen LogP) is 12.6. The van der Waals surface area contributed by atoms with Crippen molar-refractivity contribution < 1.29 is 0 Å². The van der Waals surface area contributed by atoms with Gasteiger partial charge in [0.25, 0.3) is 0 Å². The molecule has 0 aliphatic heterocycles. The summed E-state index contributed by atoms with van der Waals surface area (Å²) in [5.41, 5.74) is 7.99. The summed E-state index contributed by atoms with van der Waals surface area (Å²) < 4.78 is 0. The zero-order chi connectivity index (χ0) is 31.0. The van der Waals surface area contributed by atoms with Crippen molar-refractivity contribution in [2.45, 2.75) is 0 Å². The second kappa shape index (κ2) is 13.7. The number of para-hydroxylation sites is 1. The molecule has 8 rings (SSSR count). The number of rotatable bonds is 6. The van der Waals surface area contributed by atoms with Gasteiger partial charge in [0.1, 0.15) is 0 Å². The van der Waals surface area contributed by atoms with Gasteiger partial charge in [0.15, 0.2) is 0 Å². The maximum absolute atomic E-state index is 3.59. The van der Waals surface area contributed by atoms with Gasteiger partial charge in [-0.3, -0.25) is 0 Å². The van der Waals surface area contributed by atoms with Crippen LogP contribution in [0.2, 0.25) is 0 Å². The minimum atomic E-state index is 1.07. The van der Waals surface area contributed by atoms with Gasteiger partial charge in [0.2, 0.25) is 0 Å². The predicted molar refractivity (Wildman–Crippen MR) is 198 cm³/mol. The number of hydrogen-bond acceptors (Lipinski definition) is 2. The topological polar surface area (TPSA) is 15.3 Å². The van der Waals surface area contributed by atoms with E-state index in [2.05, 4.69) is 174 Å². The molecule has 0 fully saturated rings. The van der Waals surface area contributed by atoms with Crippen LogP contribution in [0.1, 0.15) is 0 Å². The van der Waals surface area contributed by atoms with Gasteiger partial charge in [-0.2, -0.15) is 0 Å². The van der Waals surface area contributed by atoms with E-state index in [1.165, 1.54) is 38.4 Å². The maximum atomic E-state index is 3.59. The van der Waals surface area contributed by atoms with Crippen molar-refractivity contribution in [2.75, 3.05) is 10.2 Å². The molecule has 8 aromatic rings. The third kappa shape index (κ3) is 6.38. The molecule has 0 aliphatic carbocycles. The molecule has 46 heavy (non-hydrogen) atoms. The van der Waals surface area contributed by atoms with Crippen LogP contribution < -0.4 is 10.2 Å². The van der Waals surface area contributed by atoms with Gasteiger partial charge in [-0.05, 0) is 70.4 Å². The number of hydrogen-bond donors (Lipinski definition) is 1. The SMILES string of the molecule is c1ccc(N(c2ccc(-c3ccc(Nc4cccc5ccccc45)cc3)cc2)c2cccc3ccccc23)cc1.c1ccccc1. The fraction of sp³-hybridized carbons (Fsp3) is 0. The van der Waals surface area contributed by atoms with Crippen molar-refractivity contribution in [1.29, 1.82) is 0 Å². The van der Waals surface area contributed by atoms with Crippen molar-refractivity contribution in [2.24, 2.45) is 0 Å². The minimum absolute atomic E-state index is 1.07. The monoisotopic (exact) mass is 590 g/mol. The molecule has 0 amide bonds. The zero-order valence-electron chi connectivity index (χ0n) is 25.5. The lowest BCUT2D eigenvalue weighted by Gasteiger charge is -2.27. The molecule has 220 valence electrons. The Morgan fingerprint density at radius 2 is 0.783 bits per heavy atom. The van der Waals surface area contributed by atoms with Crippen LogP contribution in [0.3, 0.4) is 0 Å². The van der Waals surface area contributed by atoms with Crippen LogP contribution in [0.15, 0.2) is 200 Å². The van der Waals surface area contributed by atoms with Crippen LogP contribution in [0.25, 0.3) is 32.7 Å². The van der Waals surface area contributed by atoms with Crippen molar-refractivity contribution in [1.82, 2.24) is 0 Å². The van der Waals surface area contributed by atoms with Crippen LogP contribution in [0, 0.1) is 0 Å². The van der Waals surface area contributed by atoms with E-state index in [4.69, 9.17) is 0 Å². The highest BCUT2D eigenvalue weighted by atomic mass is 15.1. The van der Waals surface area contributed by atoms with E-state index in [0.717, 1.165) is 22.7 Å². The molecule has 0 aromatic heterocycles. The summed E-state index contributed by atoms with van der Waals surface area (Å²) in [7, 11) is 0. The maximum Gasteiger partial charge on any atom is 0.0540 e. The van der Waals surface area contributed by atoms with Crippen LogP contribution in [0.5, 0.6) is 0 Å². The third-order valence-corrected chi connectivity index (χ3v) is 8.10. The summed E-state index contributed by atoms with van der Waals surface area (Å²) in [6, 6.07) is 70.0. The Kier molecular flexibility index (Phi) is 8.51. The highest BCUT2D eigenvalue weighted by Crippen LogP contribution is 2.39. The largest absolute Gasteiger partial charge is 0.355 e. The molecule has 0 unspecified atom stereocenters. The average Bonchev–Trinajstić information content (AvgIpc) is 3.14. The standard InChI is InChI=1S/C38H28N2.C6H6/c1-2-14-33(15-3-1)40(38-19-9-13-31-11-5-7-17-36(31)38)34-26-22-29(23-27-34)28-20-24-32(25-21-28)39-37-18-8-12-30-10-4-6-16-35(30)37;1-2-4-6-5-3-1/h1-27,39H;1-6H. The van der Waals surface area contributed by atoms with Crippen molar-refractivity contribution >= 4 is 50.0 Å². The Morgan fingerprint density at radius 3 is 1.43 bits per heavy atom. The van der Waals surface area contributed by atoms with E-state index in [0.29, 0.717) is 0 Å². The Morgan fingerprint density at radius 1 is 0.326 bits per heavy atom. The van der Waals surface area contributed by atoms with Crippen LogP contribution in [0.4, 0.5) is 28.4 Å². The molecule has 2 nitrogen and oxygen atoms in total. The molecular formula is C44H34N2. The van der Waals surface area contributed by atoms with Crippen LogP contribution >= 0.6 is 0 Å². The highest BCUT2D eigenvalue weighted by molar-refractivity contribution is 5.99. The molecule has 0 spiro atoms. The molecule has 8 aromatic carbocycles. The molecule has 1 N–H and O–H groups in total. The molecule has 0 bridgehead atoms. The molecule has 0 atom stereocenters. The first-order valence-corrected chi connectivity index (χ1v) is 15.6. The lowest BCUT2D eigenvalue weighted by atomic mass is 10.0. The van der Waals surface area contributed by atoms with Gasteiger partial charge >= 0.3 is 0 Å². The van der Waals surface area contributed by atoms with Gasteiger partial charge in [0, 0.05) is 33.5 Å². The fourth-order valence-electron chi connectivity index (χ4n) is 5.83. The molecule has 2 heteroatoms. The molecule has 0 heterocycles. The van der Waals surface area contributed by atoms with E-state index in [1.807, 2.05) is 36.4 Å². The summed E-state index contributed by atoms with van der Waals surface area (Å²) >= 11 is 0. The first-order chi connectivity index (χ1) is 22.8. The lowest BCUT2D eigenvalue weighted by Crippen LogP contribution is -2.10. The van der Waals surface area contributed by atoms with Crippen LogP contribution in [-0.2, 0) is 0 Å². The van der Waals surface area contributed by atoms with E-state index in [9.17, 15) is 0 Å². The summed E-state index contributed by atoms with van der Waals surface area (Å²) in [6.45, 7) is 0. The van der Waals surface area contributed by atoms with E-state index in [-0.39, 0.29) is 0 Å². The quantitative estimate of drug-likeness (QED) is 0.207. The number of benzene rings is 8.